The normalized spacial score (nSPS) is 10.5. The molecule has 3 rings (SSSR count). The predicted octanol–water partition coefficient (Wildman–Crippen LogP) is 6.36. The summed E-state index contributed by atoms with van der Waals surface area (Å²) < 4.78 is 12.9. The van der Waals surface area contributed by atoms with E-state index in [0.717, 1.165) is 20.4 Å². The van der Waals surface area contributed by atoms with Crippen molar-refractivity contribution in [3.63, 3.8) is 0 Å². The molecule has 3 aromatic carbocycles. The first-order valence-corrected chi connectivity index (χ1v) is 9.99. The van der Waals surface area contributed by atoms with Gasteiger partial charge in [-0.2, -0.15) is 0 Å². The highest BCUT2D eigenvalue weighted by Gasteiger charge is 2.09. The Bertz CT molecular complexity index is 885. The quantitative estimate of drug-likeness (QED) is 0.485. The van der Waals surface area contributed by atoms with E-state index in [0.29, 0.717) is 5.02 Å². The number of rotatable bonds is 6. The van der Waals surface area contributed by atoms with Gasteiger partial charge in [-0.15, -0.1) is 11.8 Å². The molecule has 0 bridgehead atoms. The second-order valence-electron chi connectivity index (χ2n) is 5.34. The zero-order chi connectivity index (χ0) is 18.4. The lowest BCUT2D eigenvalue weighted by atomic mass is 10.3. The monoisotopic (exact) mass is 403 g/mol. The molecule has 0 aliphatic carbocycles. The highest BCUT2D eigenvalue weighted by Crippen LogP contribution is 2.34. The minimum atomic E-state index is -0.285. The highest BCUT2D eigenvalue weighted by atomic mass is 35.5. The number of carbonyl (C=O) groups excluding carboxylic acids is 1. The summed E-state index contributed by atoms with van der Waals surface area (Å²) in [5.41, 5.74) is 0.761. The Hall–Kier alpha value is -1.95. The molecule has 6 heteroatoms. The predicted molar refractivity (Wildman–Crippen MR) is 108 cm³/mol. The maximum absolute atomic E-state index is 12.9. The van der Waals surface area contributed by atoms with Crippen LogP contribution in [0.15, 0.2) is 87.5 Å². The number of carbonyl (C=O) groups is 1. The number of nitrogens with one attached hydrogen (secondary N) is 1. The lowest BCUT2D eigenvalue weighted by molar-refractivity contribution is -0.113. The van der Waals surface area contributed by atoms with Crippen molar-refractivity contribution in [3.05, 3.63) is 83.6 Å². The molecule has 0 saturated heterocycles. The minimum Gasteiger partial charge on any atom is -0.324 e. The number of benzene rings is 3. The van der Waals surface area contributed by atoms with E-state index in [4.69, 9.17) is 11.6 Å². The van der Waals surface area contributed by atoms with E-state index >= 15 is 0 Å². The molecule has 0 saturated carbocycles. The van der Waals surface area contributed by atoms with E-state index in [2.05, 4.69) is 5.32 Å². The first kappa shape index (κ1) is 18.8. The molecule has 0 unspecified atom stereocenters. The van der Waals surface area contributed by atoms with Gasteiger partial charge in [-0.1, -0.05) is 35.5 Å². The Balaban J connectivity index is 1.62. The Labute approximate surface area is 165 Å². The molecule has 0 fully saturated rings. The summed E-state index contributed by atoms with van der Waals surface area (Å²) in [7, 11) is 0. The molecular formula is C20H15ClFNOS2. The van der Waals surface area contributed by atoms with Crippen molar-refractivity contribution in [1.82, 2.24) is 0 Å². The summed E-state index contributed by atoms with van der Waals surface area (Å²) >= 11 is 8.85. The fourth-order valence-electron chi connectivity index (χ4n) is 2.15. The summed E-state index contributed by atoms with van der Waals surface area (Å²) in [5, 5.41) is 3.63. The van der Waals surface area contributed by atoms with Gasteiger partial charge in [0.15, 0.2) is 0 Å². The summed E-state index contributed by atoms with van der Waals surface area (Å²) in [6, 6.07) is 21.3. The first-order chi connectivity index (χ1) is 12.6. The van der Waals surface area contributed by atoms with E-state index in [1.54, 1.807) is 23.9 Å². The number of anilines is 1. The van der Waals surface area contributed by atoms with Gasteiger partial charge in [0.2, 0.25) is 5.91 Å². The maximum atomic E-state index is 12.9. The fraction of sp³-hybridized carbons (Fsp3) is 0.0500. The Morgan fingerprint density at radius 1 is 0.923 bits per heavy atom. The van der Waals surface area contributed by atoms with Gasteiger partial charge in [0, 0.05) is 19.7 Å². The molecule has 2 nitrogen and oxygen atoms in total. The SMILES string of the molecule is O=C(CSc1ccc(F)cc1)Nc1ccccc1Sc1ccc(Cl)cc1. The molecule has 0 atom stereocenters. The van der Waals surface area contributed by atoms with Crippen molar-refractivity contribution in [2.75, 3.05) is 11.1 Å². The van der Waals surface area contributed by atoms with Crippen LogP contribution in [0.25, 0.3) is 0 Å². The van der Waals surface area contributed by atoms with Crippen molar-refractivity contribution in [2.24, 2.45) is 0 Å². The summed E-state index contributed by atoms with van der Waals surface area (Å²) in [5.74, 6) is -0.138. The van der Waals surface area contributed by atoms with Gasteiger partial charge in [0.1, 0.15) is 5.82 Å². The number of hydrogen-bond acceptors (Lipinski definition) is 3. The summed E-state index contributed by atoms with van der Waals surface area (Å²) in [6.07, 6.45) is 0. The molecular weight excluding hydrogens is 389 g/mol. The number of para-hydroxylation sites is 1. The Morgan fingerprint density at radius 2 is 1.58 bits per heavy atom. The molecule has 26 heavy (non-hydrogen) atoms. The summed E-state index contributed by atoms with van der Waals surface area (Å²) in [6.45, 7) is 0. The maximum Gasteiger partial charge on any atom is 0.234 e. The molecule has 1 N–H and O–H groups in total. The van der Waals surface area contributed by atoms with Crippen LogP contribution in [0.3, 0.4) is 0 Å². The van der Waals surface area contributed by atoms with Gasteiger partial charge in [-0.3, -0.25) is 4.79 Å². The van der Waals surface area contributed by atoms with Gasteiger partial charge in [0.25, 0.3) is 0 Å². The number of amides is 1. The molecule has 3 aromatic rings. The van der Waals surface area contributed by atoms with Gasteiger partial charge in [-0.25, -0.2) is 4.39 Å². The van der Waals surface area contributed by atoms with Crippen LogP contribution >= 0.6 is 35.1 Å². The van der Waals surface area contributed by atoms with Crippen LogP contribution in [-0.4, -0.2) is 11.7 Å². The molecule has 1 amide bonds. The number of halogens is 2. The Morgan fingerprint density at radius 3 is 2.31 bits per heavy atom. The lowest BCUT2D eigenvalue weighted by Gasteiger charge is -2.11. The van der Waals surface area contributed by atoms with Crippen LogP contribution in [0.4, 0.5) is 10.1 Å². The third kappa shape index (κ3) is 5.53. The lowest BCUT2D eigenvalue weighted by Crippen LogP contribution is -2.14. The van der Waals surface area contributed by atoms with Crippen LogP contribution in [-0.2, 0) is 4.79 Å². The van der Waals surface area contributed by atoms with Gasteiger partial charge in [-0.05, 0) is 60.7 Å². The summed E-state index contributed by atoms with van der Waals surface area (Å²) in [4.78, 5) is 15.1. The van der Waals surface area contributed by atoms with Crippen molar-refractivity contribution in [2.45, 2.75) is 14.7 Å². The van der Waals surface area contributed by atoms with Crippen molar-refractivity contribution in [3.8, 4) is 0 Å². The van der Waals surface area contributed by atoms with Crippen LogP contribution in [0, 0.1) is 5.82 Å². The van der Waals surface area contributed by atoms with E-state index in [-0.39, 0.29) is 17.5 Å². The molecule has 132 valence electrons. The van der Waals surface area contributed by atoms with Crippen LogP contribution < -0.4 is 5.32 Å². The smallest absolute Gasteiger partial charge is 0.234 e. The zero-order valence-corrected chi connectivity index (χ0v) is 16.0. The largest absolute Gasteiger partial charge is 0.324 e. The third-order valence-electron chi connectivity index (χ3n) is 3.39. The zero-order valence-electron chi connectivity index (χ0n) is 13.6. The van der Waals surface area contributed by atoms with Gasteiger partial charge < -0.3 is 5.32 Å². The van der Waals surface area contributed by atoms with Crippen LogP contribution in [0.1, 0.15) is 0 Å². The number of hydrogen-bond donors (Lipinski definition) is 1. The molecule has 0 aliphatic heterocycles. The van der Waals surface area contributed by atoms with Crippen LogP contribution in [0.5, 0.6) is 0 Å². The third-order valence-corrected chi connectivity index (χ3v) is 5.73. The van der Waals surface area contributed by atoms with Crippen molar-refractivity contribution >= 4 is 46.7 Å². The van der Waals surface area contributed by atoms with Crippen LogP contribution in [0.2, 0.25) is 5.02 Å². The molecule has 0 aliphatic rings. The second-order valence-corrected chi connectivity index (χ2v) is 7.94. The first-order valence-electron chi connectivity index (χ1n) is 7.81. The topological polar surface area (TPSA) is 29.1 Å². The van der Waals surface area contributed by atoms with Crippen molar-refractivity contribution < 1.29 is 9.18 Å². The van der Waals surface area contributed by atoms with E-state index in [1.807, 2.05) is 48.5 Å². The number of thioether (sulfide) groups is 1. The molecule has 0 heterocycles. The standard InChI is InChI=1S/C20H15ClFNOS2/c21-14-5-9-17(10-6-14)26-19-4-2-1-3-18(19)23-20(24)13-25-16-11-7-15(22)8-12-16/h1-12H,13H2,(H,23,24). The second kappa shape index (κ2) is 9.12. The molecule has 0 spiro atoms. The van der Waals surface area contributed by atoms with Crippen molar-refractivity contribution in [1.29, 1.82) is 0 Å². The Kier molecular flexibility index (Phi) is 6.61. The highest BCUT2D eigenvalue weighted by molar-refractivity contribution is 8.00. The fourth-order valence-corrected chi connectivity index (χ4v) is 3.88. The van der Waals surface area contributed by atoms with Gasteiger partial charge >= 0.3 is 0 Å². The van der Waals surface area contributed by atoms with Gasteiger partial charge in [0.05, 0.1) is 11.4 Å². The average Bonchev–Trinajstić information content (AvgIpc) is 2.65. The van der Waals surface area contributed by atoms with E-state index < -0.39 is 0 Å². The molecule has 0 radical (unpaired) electrons. The minimum absolute atomic E-state index is 0.108. The average molecular weight is 404 g/mol. The van der Waals surface area contributed by atoms with E-state index in [1.165, 1.54) is 23.9 Å². The molecule has 0 aromatic heterocycles. The van der Waals surface area contributed by atoms with E-state index in [9.17, 15) is 9.18 Å².